The summed E-state index contributed by atoms with van der Waals surface area (Å²) in [6.07, 6.45) is 0. The van der Waals surface area contributed by atoms with Gasteiger partial charge in [0.25, 0.3) is 0 Å². The third-order valence-corrected chi connectivity index (χ3v) is 1.61. The van der Waals surface area contributed by atoms with Gasteiger partial charge in [0.1, 0.15) is 5.75 Å². The molecule has 76 valence electrons. The highest BCUT2D eigenvalue weighted by atomic mass is 16.5. The molecular formula is C9H12N2O3. The van der Waals surface area contributed by atoms with Gasteiger partial charge in [-0.2, -0.15) is 0 Å². The first-order valence-electron chi connectivity index (χ1n) is 4.01. The van der Waals surface area contributed by atoms with Gasteiger partial charge >= 0.3 is 6.03 Å². The Labute approximate surface area is 81.9 Å². The van der Waals surface area contributed by atoms with Gasteiger partial charge in [-0.15, -0.1) is 0 Å². The number of carbonyl (C=O) groups excluding carboxylic acids is 1. The molecule has 0 aromatic heterocycles. The number of hydrogen-bond donors (Lipinski definition) is 2. The molecule has 0 radical (unpaired) electrons. The summed E-state index contributed by atoms with van der Waals surface area (Å²) in [6.45, 7) is 0. The molecule has 0 saturated heterocycles. The van der Waals surface area contributed by atoms with Crippen LogP contribution in [-0.4, -0.2) is 30.5 Å². The summed E-state index contributed by atoms with van der Waals surface area (Å²) in [7, 11) is 2.79. The Bertz CT molecular complexity index is 326. The summed E-state index contributed by atoms with van der Waals surface area (Å²) in [5.41, 5.74) is 0.565. The van der Waals surface area contributed by atoms with E-state index >= 15 is 0 Å². The maximum Gasteiger partial charge on any atom is 0.345 e. The molecule has 0 bridgehead atoms. The van der Waals surface area contributed by atoms with Gasteiger partial charge in [-0.25, -0.2) is 9.86 Å². The molecule has 1 rings (SSSR count). The number of carbonyl (C=O) groups is 1. The smallest absolute Gasteiger partial charge is 0.345 e. The summed E-state index contributed by atoms with van der Waals surface area (Å²) < 4.78 is 4.97. The van der Waals surface area contributed by atoms with E-state index in [0.717, 1.165) is 0 Å². The molecule has 1 aromatic carbocycles. The molecule has 0 fully saturated rings. The van der Waals surface area contributed by atoms with Crippen LogP contribution in [0.25, 0.3) is 0 Å². The fourth-order valence-electron chi connectivity index (χ4n) is 0.905. The van der Waals surface area contributed by atoms with Crippen molar-refractivity contribution < 1.29 is 14.7 Å². The van der Waals surface area contributed by atoms with Gasteiger partial charge in [0.15, 0.2) is 0 Å². The topological polar surface area (TPSA) is 61.8 Å². The van der Waals surface area contributed by atoms with Crippen LogP contribution in [0.3, 0.4) is 0 Å². The number of amides is 2. The van der Waals surface area contributed by atoms with Crippen molar-refractivity contribution in [3.63, 3.8) is 0 Å². The largest absolute Gasteiger partial charge is 0.497 e. The number of rotatable bonds is 2. The minimum absolute atomic E-state index is 0.472. The monoisotopic (exact) mass is 196 g/mol. The second-order valence-electron chi connectivity index (χ2n) is 2.69. The zero-order chi connectivity index (χ0) is 10.6. The summed E-state index contributed by atoms with van der Waals surface area (Å²) in [5, 5.41) is 11.7. The molecule has 1 aromatic rings. The minimum atomic E-state index is -0.599. The lowest BCUT2D eigenvalue weighted by atomic mass is 10.3. The van der Waals surface area contributed by atoms with Gasteiger partial charge in [-0.05, 0) is 12.1 Å². The maximum atomic E-state index is 11.0. The SMILES string of the molecule is COc1cccc(NC(=O)N(C)O)c1. The number of hydroxylamine groups is 2. The van der Waals surface area contributed by atoms with E-state index in [9.17, 15) is 4.79 Å². The highest BCUT2D eigenvalue weighted by Crippen LogP contribution is 2.16. The summed E-state index contributed by atoms with van der Waals surface area (Å²) >= 11 is 0. The predicted octanol–water partition coefficient (Wildman–Crippen LogP) is 1.55. The number of urea groups is 1. The van der Waals surface area contributed by atoms with Gasteiger partial charge < -0.3 is 10.1 Å². The van der Waals surface area contributed by atoms with Crippen molar-refractivity contribution in [3.05, 3.63) is 24.3 Å². The second kappa shape index (κ2) is 4.48. The molecule has 2 amide bonds. The first-order valence-corrected chi connectivity index (χ1v) is 4.01. The van der Waals surface area contributed by atoms with Crippen molar-refractivity contribution in [2.75, 3.05) is 19.5 Å². The molecular weight excluding hydrogens is 184 g/mol. The first kappa shape index (κ1) is 10.3. The van der Waals surface area contributed by atoms with Crippen LogP contribution in [-0.2, 0) is 0 Å². The van der Waals surface area contributed by atoms with Crippen molar-refractivity contribution in [1.29, 1.82) is 0 Å². The van der Waals surface area contributed by atoms with E-state index in [2.05, 4.69) is 5.32 Å². The number of ether oxygens (including phenoxy) is 1. The Morgan fingerprint density at radius 1 is 1.57 bits per heavy atom. The normalized spacial score (nSPS) is 9.36. The lowest BCUT2D eigenvalue weighted by molar-refractivity contribution is -0.0118. The Kier molecular flexibility index (Phi) is 3.30. The third-order valence-electron chi connectivity index (χ3n) is 1.61. The van der Waals surface area contributed by atoms with Gasteiger partial charge in [0.2, 0.25) is 0 Å². The fourth-order valence-corrected chi connectivity index (χ4v) is 0.905. The molecule has 5 heteroatoms. The van der Waals surface area contributed by atoms with Crippen LogP contribution in [0.1, 0.15) is 0 Å². The summed E-state index contributed by atoms with van der Waals surface area (Å²) in [4.78, 5) is 11.0. The van der Waals surface area contributed by atoms with Gasteiger partial charge in [0.05, 0.1) is 7.11 Å². The zero-order valence-electron chi connectivity index (χ0n) is 8.02. The first-order chi connectivity index (χ1) is 6.63. The van der Waals surface area contributed by atoms with Crippen molar-refractivity contribution >= 4 is 11.7 Å². The number of methoxy groups -OCH3 is 1. The molecule has 0 saturated carbocycles. The van der Waals surface area contributed by atoms with E-state index in [1.54, 1.807) is 31.4 Å². The van der Waals surface area contributed by atoms with E-state index in [0.29, 0.717) is 16.5 Å². The molecule has 0 aliphatic rings. The molecule has 0 spiro atoms. The number of nitrogens with one attached hydrogen (secondary N) is 1. The van der Waals surface area contributed by atoms with Crippen molar-refractivity contribution in [3.8, 4) is 5.75 Å². The standard InChI is InChI=1S/C9H12N2O3/c1-11(13)9(12)10-7-4-3-5-8(6-7)14-2/h3-6,13H,1-2H3,(H,10,12). The van der Waals surface area contributed by atoms with Gasteiger partial charge in [-0.1, -0.05) is 6.07 Å². The predicted molar refractivity (Wildman–Crippen MR) is 51.6 cm³/mol. The molecule has 5 nitrogen and oxygen atoms in total. The van der Waals surface area contributed by atoms with Crippen LogP contribution in [0.2, 0.25) is 0 Å². The van der Waals surface area contributed by atoms with E-state index in [1.165, 1.54) is 7.05 Å². The number of anilines is 1. The average molecular weight is 196 g/mol. The van der Waals surface area contributed by atoms with Crippen LogP contribution in [0.15, 0.2) is 24.3 Å². The van der Waals surface area contributed by atoms with Crippen LogP contribution < -0.4 is 10.1 Å². The van der Waals surface area contributed by atoms with E-state index < -0.39 is 6.03 Å². The molecule has 14 heavy (non-hydrogen) atoms. The Morgan fingerprint density at radius 3 is 2.86 bits per heavy atom. The van der Waals surface area contributed by atoms with Crippen molar-refractivity contribution in [2.24, 2.45) is 0 Å². The molecule has 0 atom stereocenters. The highest BCUT2D eigenvalue weighted by Gasteiger charge is 2.05. The minimum Gasteiger partial charge on any atom is -0.497 e. The van der Waals surface area contributed by atoms with E-state index in [4.69, 9.17) is 9.94 Å². The number of hydrogen-bond acceptors (Lipinski definition) is 3. The fraction of sp³-hybridized carbons (Fsp3) is 0.222. The van der Waals surface area contributed by atoms with Crippen LogP contribution in [0, 0.1) is 0 Å². The number of benzene rings is 1. The Hall–Kier alpha value is -1.75. The lowest BCUT2D eigenvalue weighted by Gasteiger charge is -2.10. The van der Waals surface area contributed by atoms with Crippen molar-refractivity contribution in [1.82, 2.24) is 5.06 Å². The van der Waals surface area contributed by atoms with Gasteiger partial charge in [0, 0.05) is 18.8 Å². The van der Waals surface area contributed by atoms with Crippen molar-refractivity contribution in [2.45, 2.75) is 0 Å². The molecule has 0 heterocycles. The molecule has 2 N–H and O–H groups in total. The summed E-state index contributed by atoms with van der Waals surface area (Å²) in [5.74, 6) is 0.642. The molecule has 0 aliphatic carbocycles. The molecule has 0 unspecified atom stereocenters. The van der Waals surface area contributed by atoms with Crippen LogP contribution in [0.4, 0.5) is 10.5 Å². The van der Waals surface area contributed by atoms with E-state index in [1.807, 2.05) is 0 Å². The third kappa shape index (κ3) is 2.63. The molecule has 0 aliphatic heterocycles. The number of nitrogens with zero attached hydrogens (tertiary/aromatic N) is 1. The zero-order valence-corrected chi connectivity index (χ0v) is 8.02. The lowest BCUT2D eigenvalue weighted by Crippen LogP contribution is -2.27. The second-order valence-corrected chi connectivity index (χ2v) is 2.69. The Balaban J connectivity index is 2.72. The average Bonchev–Trinajstić information content (AvgIpc) is 2.18. The van der Waals surface area contributed by atoms with E-state index in [-0.39, 0.29) is 0 Å². The summed E-state index contributed by atoms with van der Waals surface area (Å²) in [6, 6.07) is 6.26. The van der Waals surface area contributed by atoms with Crippen LogP contribution in [0.5, 0.6) is 5.75 Å². The Morgan fingerprint density at radius 2 is 2.29 bits per heavy atom. The van der Waals surface area contributed by atoms with Gasteiger partial charge in [-0.3, -0.25) is 5.21 Å². The highest BCUT2D eigenvalue weighted by molar-refractivity contribution is 5.88. The maximum absolute atomic E-state index is 11.0. The quantitative estimate of drug-likeness (QED) is 0.557. The van der Waals surface area contributed by atoms with Crippen LogP contribution >= 0.6 is 0 Å².